The molecule has 1 amide bonds. The van der Waals surface area contributed by atoms with Crippen molar-refractivity contribution in [3.05, 3.63) is 77.7 Å². The lowest BCUT2D eigenvalue weighted by molar-refractivity contribution is 0.211. The summed E-state index contributed by atoms with van der Waals surface area (Å²) >= 11 is 0. The van der Waals surface area contributed by atoms with E-state index in [0.717, 1.165) is 16.8 Å². The predicted molar refractivity (Wildman–Crippen MR) is 110 cm³/mol. The van der Waals surface area contributed by atoms with Crippen LogP contribution in [0.25, 0.3) is 16.9 Å². The molecule has 0 radical (unpaired) electrons. The molecule has 0 saturated heterocycles. The number of aryl methyl sites for hydroxylation is 2. The molecule has 2 heterocycles. The first-order valence-corrected chi connectivity index (χ1v) is 9.01. The van der Waals surface area contributed by atoms with Gasteiger partial charge in [-0.05, 0) is 49.2 Å². The Morgan fingerprint density at radius 1 is 1.07 bits per heavy atom. The standard InChI is InChI=1S/C22H19FN4O2/c1-13-6-5-7-14(2)19(13)26-21-20(25-18-11-10-15(23)12-27(18)21)16-8-3-4-9-17(16)29-22(24)28/h3-12,26H,1-2H3,(H2,24,28). The number of halogens is 1. The molecule has 4 rings (SSSR count). The van der Waals surface area contributed by atoms with E-state index in [-0.39, 0.29) is 5.75 Å². The van der Waals surface area contributed by atoms with Gasteiger partial charge in [0.05, 0.1) is 0 Å². The first-order valence-electron chi connectivity index (χ1n) is 9.01. The third-order valence-corrected chi connectivity index (χ3v) is 4.66. The Hall–Kier alpha value is -3.87. The number of pyridine rings is 1. The second-order valence-electron chi connectivity index (χ2n) is 6.69. The number of nitrogens with two attached hydrogens (primary N) is 1. The zero-order chi connectivity index (χ0) is 20.5. The van der Waals surface area contributed by atoms with Crippen LogP contribution >= 0.6 is 0 Å². The van der Waals surface area contributed by atoms with Gasteiger partial charge in [-0.2, -0.15) is 0 Å². The SMILES string of the molecule is Cc1cccc(C)c1Nc1c(-c2ccccc2OC(N)=O)nc2ccc(F)cn12. The number of carbonyl (C=O) groups is 1. The lowest BCUT2D eigenvalue weighted by Gasteiger charge is -2.15. The molecule has 0 aliphatic rings. The zero-order valence-corrected chi connectivity index (χ0v) is 15.9. The summed E-state index contributed by atoms with van der Waals surface area (Å²) in [6.45, 7) is 3.98. The van der Waals surface area contributed by atoms with E-state index in [1.54, 1.807) is 34.7 Å². The van der Waals surface area contributed by atoms with E-state index in [1.165, 1.54) is 12.3 Å². The maximum absolute atomic E-state index is 14.0. The van der Waals surface area contributed by atoms with Crippen molar-refractivity contribution >= 4 is 23.2 Å². The molecular formula is C22H19FN4O2. The minimum absolute atomic E-state index is 0.272. The summed E-state index contributed by atoms with van der Waals surface area (Å²) in [7, 11) is 0. The van der Waals surface area contributed by atoms with Crippen LogP contribution in [0, 0.1) is 19.7 Å². The zero-order valence-electron chi connectivity index (χ0n) is 15.9. The van der Waals surface area contributed by atoms with Gasteiger partial charge in [0.1, 0.15) is 28.7 Å². The quantitative estimate of drug-likeness (QED) is 0.516. The van der Waals surface area contributed by atoms with E-state index in [2.05, 4.69) is 10.3 Å². The fourth-order valence-corrected chi connectivity index (χ4v) is 3.32. The predicted octanol–water partition coefficient (Wildman–Crippen LogP) is 4.96. The summed E-state index contributed by atoms with van der Waals surface area (Å²) in [5, 5.41) is 3.40. The van der Waals surface area contributed by atoms with Crippen molar-refractivity contribution in [2.24, 2.45) is 5.73 Å². The highest BCUT2D eigenvalue weighted by atomic mass is 19.1. The normalized spacial score (nSPS) is 10.9. The molecule has 0 saturated carbocycles. The summed E-state index contributed by atoms with van der Waals surface area (Å²) in [5.41, 5.74) is 9.79. The van der Waals surface area contributed by atoms with Gasteiger partial charge in [-0.1, -0.05) is 30.3 Å². The van der Waals surface area contributed by atoms with E-state index in [4.69, 9.17) is 10.5 Å². The molecule has 0 spiro atoms. The second kappa shape index (κ2) is 7.27. The molecule has 2 aromatic carbocycles. The van der Waals surface area contributed by atoms with Gasteiger partial charge >= 0.3 is 6.09 Å². The highest BCUT2D eigenvalue weighted by Crippen LogP contribution is 2.37. The number of ether oxygens (including phenoxy) is 1. The number of hydrogen-bond donors (Lipinski definition) is 2. The lowest BCUT2D eigenvalue weighted by Crippen LogP contribution is -2.16. The molecule has 2 aromatic heterocycles. The molecule has 0 unspecified atom stereocenters. The molecule has 146 valence electrons. The Kier molecular flexibility index (Phi) is 4.64. The number of rotatable bonds is 4. The Morgan fingerprint density at radius 2 is 1.79 bits per heavy atom. The van der Waals surface area contributed by atoms with Crippen LogP contribution in [0.1, 0.15) is 11.1 Å². The maximum Gasteiger partial charge on any atom is 0.409 e. The van der Waals surface area contributed by atoms with E-state index in [1.807, 2.05) is 32.0 Å². The number of aromatic nitrogens is 2. The van der Waals surface area contributed by atoms with Crippen molar-refractivity contribution in [1.82, 2.24) is 9.38 Å². The molecule has 4 aromatic rings. The number of anilines is 2. The minimum Gasteiger partial charge on any atom is -0.410 e. The fourth-order valence-electron chi connectivity index (χ4n) is 3.32. The smallest absolute Gasteiger partial charge is 0.409 e. The van der Waals surface area contributed by atoms with Gasteiger partial charge in [-0.3, -0.25) is 4.40 Å². The topological polar surface area (TPSA) is 81.6 Å². The van der Waals surface area contributed by atoms with Crippen molar-refractivity contribution in [2.75, 3.05) is 5.32 Å². The number of nitrogens with zero attached hydrogens (tertiary/aromatic N) is 2. The van der Waals surface area contributed by atoms with Gasteiger partial charge in [-0.15, -0.1) is 0 Å². The van der Waals surface area contributed by atoms with Crippen LogP contribution < -0.4 is 15.8 Å². The highest BCUT2D eigenvalue weighted by Gasteiger charge is 2.20. The summed E-state index contributed by atoms with van der Waals surface area (Å²) in [5.74, 6) is 0.429. The maximum atomic E-state index is 14.0. The van der Waals surface area contributed by atoms with Crippen molar-refractivity contribution in [3.8, 4) is 17.0 Å². The minimum atomic E-state index is -0.920. The Balaban J connectivity index is 1.96. The van der Waals surface area contributed by atoms with E-state index >= 15 is 0 Å². The van der Waals surface area contributed by atoms with Crippen molar-refractivity contribution in [2.45, 2.75) is 13.8 Å². The number of nitrogens with one attached hydrogen (secondary N) is 1. The number of primary amides is 1. The molecule has 0 bridgehead atoms. The van der Waals surface area contributed by atoms with Crippen LogP contribution in [0.3, 0.4) is 0 Å². The van der Waals surface area contributed by atoms with Crippen LogP contribution in [0.2, 0.25) is 0 Å². The number of benzene rings is 2. The van der Waals surface area contributed by atoms with Crippen molar-refractivity contribution in [1.29, 1.82) is 0 Å². The summed E-state index contributed by atoms with van der Waals surface area (Å²) in [6, 6.07) is 15.8. The average Bonchev–Trinajstić information content (AvgIpc) is 3.02. The number of fused-ring (bicyclic) bond motifs is 1. The van der Waals surface area contributed by atoms with E-state index < -0.39 is 11.9 Å². The first-order chi connectivity index (χ1) is 13.9. The van der Waals surface area contributed by atoms with Crippen LogP contribution in [0.4, 0.5) is 20.7 Å². The largest absolute Gasteiger partial charge is 0.410 e. The Bertz CT molecular complexity index is 1210. The van der Waals surface area contributed by atoms with Crippen LogP contribution in [0.15, 0.2) is 60.8 Å². The fraction of sp³-hybridized carbons (Fsp3) is 0.0909. The molecule has 0 fully saturated rings. The molecule has 0 aliphatic carbocycles. The third kappa shape index (κ3) is 3.50. The van der Waals surface area contributed by atoms with Crippen LogP contribution in [-0.2, 0) is 0 Å². The summed E-state index contributed by atoms with van der Waals surface area (Å²) in [6.07, 6.45) is 0.441. The first kappa shape index (κ1) is 18.5. The molecule has 29 heavy (non-hydrogen) atoms. The van der Waals surface area contributed by atoms with Gasteiger partial charge < -0.3 is 15.8 Å². The van der Waals surface area contributed by atoms with Gasteiger partial charge in [0, 0.05) is 17.4 Å². The Labute approximate surface area is 166 Å². The molecule has 7 heteroatoms. The van der Waals surface area contributed by atoms with Gasteiger partial charge in [0.2, 0.25) is 0 Å². The highest BCUT2D eigenvalue weighted by molar-refractivity contribution is 5.85. The molecule has 0 atom stereocenters. The van der Waals surface area contributed by atoms with E-state index in [0.29, 0.717) is 22.7 Å². The van der Waals surface area contributed by atoms with E-state index in [9.17, 15) is 9.18 Å². The lowest BCUT2D eigenvalue weighted by atomic mass is 10.1. The molecular weight excluding hydrogens is 371 g/mol. The number of carbonyl (C=O) groups excluding carboxylic acids is 1. The molecule has 6 nitrogen and oxygen atoms in total. The number of para-hydroxylation sites is 2. The Morgan fingerprint density at radius 3 is 2.52 bits per heavy atom. The number of imidazole rings is 1. The monoisotopic (exact) mass is 390 g/mol. The molecule has 0 aliphatic heterocycles. The second-order valence-corrected chi connectivity index (χ2v) is 6.69. The number of amides is 1. The van der Waals surface area contributed by atoms with Crippen LogP contribution in [-0.4, -0.2) is 15.5 Å². The van der Waals surface area contributed by atoms with Gasteiger partial charge in [0.15, 0.2) is 0 Å². The van der Waals surface area contributed by atoms with Gasteiger partial charge in [-0.25, -0.2) is 14.2 Å². The van der Waals surface area contributed by atoms with Crippen molar-refractivity contribution in [3.63, 3.8) is 0 Å². The van der Waals surface area contributed by atoms with Gasteiger partial charge in [0.25, 0.3) is 0 Å². The van der Waals surface area contributed by atoms with Crippen molar-refractivity contribution < 1.29 is 13.9 Å². The number of hydrogen-bond acceptors (Lipinski definition) is 4. The summed E-state index contributed by atoms with van der Waals surface area (Å²) < 4.78 is 20.8. The molecule has 3 N–H and O–H groups in total. The summed E-state index contributed by atoms with van der Waals surface area (Å²) in [4.78, 5) is 16.0. The van der Waals surface area contributed by atoms with Crippen LogP contribution in [0.5, 0.6) is 5.75 Å². The third-order valence-electron chi connectivity index (χ3n) is 4.66. The average molecular weight is 390 g/mol.